The maximum atomic E-state index is 14.0. The molecule has 1 aromatic carbocycles. The molecule has 0 spiro atoms. The van der Waals surface area contributed by atoms with Crippen molar-refractivity contribution in [1.29, 1.82) is 0 Å². The number of hydrogen-bond donors (Lipinski definition) is 1. The monoisotopic (exact) mass is 313 g/mol. The van der Waals surface area contributed by atoms with E-state index in [1.807, 2.05) is 13.8 Å². The first-order chi connectivity index (χ1) is 9.57. The van der Waals surface area contributed by atoms with E-state index in [2.05, 4.69) is 0 Å². The van der Waals surface area contributed by atoms with E-state index in [0.29, 0.717) is 25.1 Å². The second-order valence-corrected chi connectivity index (χ2v) is 7.07. The van der Waals surface area contributed by atoms with Crippen LogP contribution in [0.2, 0.25) is 5.02 Å². The number of aliphatic hydroxyl groups is 1. The molecule has 2 rings (SSSR count). The Morgan fingerprint density at radius 2 is 2.00 bits per heavy atom. The van der Waals surface area contributed by atoms with E-state index in [1.165, 1.54) is 6.07 Å². The molecular weight excluding hydrogens is 293 g/mol. The van der Waals surface area contributed by atoms with E-state index in [4.69, 9.17) is 11.6 Å². The summed E-state index contributed by atoms with van der Waals surface area (Å²) in [5.74, 6) is -1.02. The van der Waals surface area contributed by atoms with Crippen LogP contribution in [0.15, 0.2) is 12.1 Å². The maximum Gasteiger partial charge on any atom is 0.258 e. The third kappa shape index (κ3) is 2.79. The lowest BCUT2D eigenvalue weighted by molar-refractivity contribution is -0.0971. The van der Waals surface area contributed by atoms with Gasteiger partial charge in [-0.2, -0.15) is 0 Å². The summed E-state index contributed by atoms with van der Waals surface area (Å²) >= 11 is 6.10. The molecule has 1 aromatic rings. The molecule has 0 bridgehead atoms. The van der Waals surface area contributed by atoms with E-state index in [1.54, 1.807) is 24.8 Å². The van der Waals surface area contributed by atoms with Crippen LogP contribution in [0.5, 0.6) is 0 Å². The molecule has 1 heterocycles. The number of hydrogen-bond acceptors (Lipinski definition) is 2. The van der Waals surface area contributed by atoms with Crippen LogP contribution in [0.1, 0.15) is 43.1 Å². The van der Waals surface area contributed by atoms with Gasteiger partial charge in [-0.3, -0.25) is 4.79 Å². The zero-order valence-electron chi connectivity index (χ0n) is 12.8. The van der Waals surface area contributed by atoms with E-state index >= 15 is 0 Å². The molecule has 1 N–H and O–H groups in total. The highest BCUT2D eigenvalue weighted by Crippen LogP contribution is 2.39. The summed E-state index contributed by atoms with van der Waals surface area (Å²) in [7, 11) is 0. The fraction of sp³-hybridized carbons (Fsp3) is 0.562. The highest BCUT2D eigenvalue weighted by atomic mass is 35.5. The molecule has 0 saturated carbocycles. The Morgan fingerprint density at radius 3 is 2.57 bits per heavy atom. The average molecular weight is 314 g/mol. The van der Waals surface area contributed by atoms with Gasteiger partial charge in [0.05, 0.1) is 16.2 Å². The van der Waals surface area contributed by atoms with Gasteiger partial charge in [-0.15, -0.1) is 0 Å². The molecule has 0 radical (unpaired) electrons. The largest absolute Gasteiger partial charge is 0.389 e. The second kappa shape index (κ2) is 5.25. The van der Waals surface area contributed by atoms with Crippen molar-refractivity contribution in [3.8, 4) is 0 Å². The first-order valence-electron chi connectivity index (χ1n) is 7.03. The van der Waals surface area contributed by atoms with Crippen LogP contribution in [-0.2, 0) is 0 Å². The number of amides is 1. The highest BCUT2D eigenvalue weighted by Gasteiger charge is 2.45. The molecule has 1 amide bonds. The summed E-state index contributed by atoms with van der Waals surface area (Å²) < 4.78 is 14.0. The highest BCUT2D eigenvalue weighted by molar-refractivity contribution is 6.34. The van der Waals surface area contributed by atoms with Crippen molar-refractivity contribution in [3.63, 3.8) is 0 Å². The fourth-order valence-electron chi connectivity index (χ4n) is 2.60. The van der Waals surface area contributed by atoms with Crippen molar-refractivity contribution in [1.82, 2.24) is 4.90 Å². The average Bonchev–Trinajstić information content (AvgIpc) is 2.37. The summed E-state index contributed by atoms with van der Waals surface area (Å²) in [6.07, 6.45) is 0.455. The molecule has 1 aliphatic heterocycles. The normalized spacial score (nSPS) is 25.0. The predicted octanol–water partition coefficient (Wildman–Crippen LogP) is 3.41. The minimum atomic E-state index is -0.848. The number of benzene rings is 1. The lowest BCUT2D eigenvalue weighted by atomic mass is 9.71. The molecule has 1 fully saturated rings. The zero-order chi connectivity index (χ0) is 16.0. The molecular formula is C16H21ClFNO2. The summed E-state index contributed by atoms with van der Waals surface area (Å²) in [4.78, 5) is 14.2. The number of carbonyl (C=O) groups excluding carboxylic acids is 1. The lowest BCUT2D eigenvalue weighted by Gasteiger charge is -2.48. The van der Waals surface area contributed by atoms with Crippen LogP contribution in [0.25, 0.3) is 0 Å². The van der Waals surface area contributed by atoms with Gasteiger partial charge in [-0.05, 0) is 31.9 Å². The van der Waals surface area contributed by atoms with E-state index in [9.17, 15) is 14.3 Å². The van der Waals surface area contributed by atoms with Crippen molar-refractivity contribution < 1.29 is 14.3 Å². The molecule has 21 heavy (non-hydrogen) atoms. The van der Waals surface area contributed by atoms with Gasteiger partial charge in [-0.1, -0.05) is 31.5 Å². The molecule has 1 saturated heterocycles. The van der Waals surface area contributed by atoms with Crippen LogP contribution in [0.3, 0.4) is 0 Å². The first kappa shape index (κ1) is 16.2. The molecule has 1 atom stereocenters. The Hall–Kier alpha value is -1.13. The Balaban J connectivity index is 2.33. The number of likely N-dealkylation sites (tertiary alicyclic amines) is 1. The third-order valence-electron chi connectivity index (χ3n) is 4.70. The number of nitrogens with zero attached hydrogens (tertiary/aromatic N) is 1. The number of halogens is 2. The molecule has 0 aliphatic carbocycles. The second-order valence-electron chi connectivity index (χ2n) is 6.69. The Bertz CT molecular complexity index is 584. The number of carbonyl (C=O) groups is 1. The number of piperidine rings is 1. The van der Waals surface area contributed by atoms with Gasteiger partial charge in [0.2, 0.25) is 0 Å². The summed E-state index contributed by atoms with van der Waals surface area (Å²) in [6.45, 7) is 8.07. The molecule has 3 nitrogen and oxygen atoms in total. The third-order valence-corrected chi connectivity index (χ3v) is 5.19. The van der Waals surface area contributed by atoms with Crippen LogP contribution < -0.4 is 0 Å². The first-order valence-corrected chi connectivity index (χ1v) is 7.41. The summed E-state index contributed by atoms with van der Waals surface area (Å²) in [5.41, 5.74) is -0.717. The molecule has 116 valence electrons. The molecule has 1 aliphatic rings. The summed E-state index contributed by atoms with van der Waals surface area (Å²) in [5, 5.41) is 10.5. The fourth-order valence-corrected chi connectivity index (χ4v) is 2.84. The maximum absolute atomic E-state index is 14.0. The van der Waals surface area contributed by atoms with Crippen molar-refractivity contribution >= 4 is 17.5 Å². The Kier molecular flexibility index (Phi) is 4.06. The summed E-state index contributed by atoms with van der Waals surface area (Å²) in [6, 6.07) is 2.82. The minimum Gasteiger partial charge on any atom is -0.389 e. The van der Waals surface area contributed by atoms with Crippen LogP contribution in [-0.4, -0.2) is 34.6 Å². The smallest absolute Gasteiger partial charge is 0.258 e. The van der Waals surface area contributed by atoms with Gasteiger partial charge in [0.1, 0.15) is 5.82 Å². The van der Waals surface area contributed by atoms with Crippen molar-refractivity contribution in [2.24, 2.45) is 5.41 Å². The van der Waals surface area contributed by atoms with E-state index < -0.39 is 22.7 Å². The van der Waals surface area contributed by atoms with Crippen molar-refractivity contribution in [2.75, 3.05) is 13.1 Å². The van der Waals surface area contributed by atoms with Crippen LogP contribution in [0, 0.1) is 18.2 Å². The topological polar surface area (TPSA) is 40.5 Å². The van der Waals surface area contributed by atoms with Crippen LogP contribution >= 0.6 is 11.6 Å². The van der Waals surface area contributed by atoms with Crippen molar-refractivity contribution in [3.05, 3.63) is 34.1 Å². The lowest BCUT2D eigenvalue weighted by Crippen LogP contribution is -2.57. The SMILES string of the molecule is Cc1ccc(F)c(C(=O)N2CCC(C)(O)C(C)(C)C2)c1Cl. The minimum absolute atomic E-state index is 0.0750. The Morgan fingerprint density at radius 1 is 1.38 bits per heavy atom. The standard InChI is InChI=1S/C16H21ClFNO2/c1-10-5-6-11(18)12(13(10)17)14(20)19-8-7-16(4,21)15(2,3)9-19/h5-6,21H,7-9H2,1-4H3. The number of aryl methyl sites for hydroxylation is 1. The molecule has 1 unspecified atom stereocenters. The van der Waals surface area contributed by atoms with Gasteiger partial charge >= 0.3 is 0 Å². The molecule has 5 heteroatoms. The van der Waals surface area contributed by atoms with Gasteiger partial charge in [0.15, 0.2) is 0 Å². The van der Waals surface area contributed by atoms with Gasteiger partial charge in [0.25, 0.3) is 5.91 Å². The van der Waals surface area contributed by atoms with Gasteiger partial charge in [0, 0.05) is 18.5 Å². The van der Waals surface area contributed by atoms with Crippen molar-refractivity contribution in [2.45, 2.75) is 39.7 Å². The van der Waals surface area contributed by atoms with E-state index in [0.717, 1.165) is 0 Å². The van der Waals surface area contributed by atoms with Gasteiger partial charge in [-0.25, -0.2) is 4.39 Å². The Labute approximate surface area is 129 Å². The quantitative estimate of drug-likeness (QED) is 0.863. The zero-order valence-corrected chi connectivity index (χ0v) is 13.6. The number of rotatable bonds is 1. The van der Waals surface area contributed by atoms with E-state index in [-0.39, 0.29) is 10.6 Å². The molecule has 0 aromatic heterocycles. The van der Waals surface area contributed by atoms with Gasteiger partial charge < -0.3 is 10.0 Å². The van der Waals surface area contributed by atoms with Crippen LogP contribution in [0.4, 0.5) is 4.39 Å². The predicted molar refractivity (Wildman–Crippen MR) is 81.1 cm³/mol.